The Bertz CT molecular complexity index is 317. The van der Waals surface area contributed by atoms with Crippen LogP contribution >= 0.6 is 11.3 Å². The molecule has 1 saturated carbocycles. The zero-order valence-electron chi connectivity index (χ0n) is 8.73. The van der Waals surface area contributed by atoms with Crippen LogP contribution in [0, 0.1) is 0 Å². The molecule has 1 aromatic rings. The molecule has 82 valence electrons. The Balaban J connectivity index is 1.74. The van der Waals surface area contributed by atoms with Gasteiger partial charge in [-0.2, -0.15) is 0 Å². The van der Waals surface area contributed by atoms with Gasteiger partial charge in [0.2, 0.25) is 0 Å². The molecule has 0 aromatic carbocycles. The lowest BCUT2D eigenvalue weighted by Crippen LogP contribution is -2.47. The maximum Gasteiger partial charge on any atom is 0.261 e. The van der Waals surface area contributed by atoms with E-state index in [2.05, 4.69) is 5.32 Å². The normalized spacial score (nSPS) is 24.6. The number of amides is 1. The van der Waals surface area contributed by atoms with E-state index in [1.54, 1.807) is 0 Å². The summed E-state index contributed by atoms with van der Waals surface area (Å²) in [5.41, 5.74) is 0. The van der Waals surface area contributed by atoms with Gasteiger partial charge in [0.15, 0.2) is 0 Å². The molecule has 2 rings (SSSR count). The van der Waals surface area contributed by atoms with Crippen molar-refractivity contribution < 1.29 is 9.53 Å². The van der Waals surface area contributed by atoms with Crippen LogP contribution in [0.25, 0.3) is 0 Å². The van der Waals surface area contributed by atoms with Crippen molar-refractivity contribution in [2.45, 2.75) is 31.9 Å². The highest BCUT2D eigenvalue weighted by atomic mass is 32.1. The predicted molar refractivity (Wildman–Crippen MR) is 60.2 cm³/mol. The summed E-state index contributed by atoms with van der Waals surface area (Å²) in [5, 5.41) is 4.91. The summed E-state index contributed by atoms with van der Waals surface area (Å²) >= 11 is 1.48. The van der Waals surface area contributed by atoms with Gasteiger partial charge in [-0.15, -0.1) is 11.3 Å². The van der Waals surface area contributed by atoms with Gasteiger partial charge in [0.05, 0.1) is 11.0 Å². The number of ether oxygens (including phenoxy) is 1. The molecule has 15 heavy (non-hydrogen) atoms. The molecule has 0 bridgehead atoms. The van der Waals surface area contributed by atoms with Crippen molar-refractivity contribution in [2.75, 3.05) is 6.61 Å². The molecular formula is C11H15NO2S. The van der Waals surface area contributed by atoms with Gasteiger partial charge in [-0.25, -0.2) is 0 Å². The number of hydrogen-bond acceptors (Lipinski definition) is 3. The minimum Gasteiger partial charge on any atom is -0.378 e. The summed E-state index contributed by atoms with van der Waals surface area (Å²) in [5.74, 6) is 0.0462. The van der Waals surface area contributed by atoms with Gasteiger partial charge in [-0.05, 0) is 31.2 Å². The highest BCUT2D eigenvalue weighted by Gasteiger charge is 2.30. The van der Waals surface area contributed by atoms with Crippen molar-refractivity contribution in [3.8, 4) is 0 Å². The minimum atomic E-state index is 0.0462. The summed E-state index contributed by atoms with van der Waals surface area (Å²) in [6.45, 7) is 2.76. The van der Waals surface area contributed by atoms with Crippen LogP contribution in [0.3, 0.4) is 0 Å². The van der Waals surface area contributed by atoms with Crippen LogP contribution in [0.15, 0.2) is 17.5 Å². The topological polar surface area (TPSA) is 38.3 Å². The Hall–Kier alpha value is -0.870. The lowest BCUT2D eigenvalue weighted by molar-refractivity contribution is -0.00858. The summed E-state index contributed by atoms with van der Waals surface area (Å²) in [4.78, 5) is 12.4. The van der Waals surface area contributed by atoms with Crippen LogP contribution in [0.5, 0.6) is 0 Å². The monoisotopic (exact) mass is 225 g/mol. The molecule has 0 atom stereocenters. The van der Waals surface area contributed by atoms with E-state index in [-0.39, 0.29) is 5.91 Å². The van der Waals surface area contributed by atoms with Crippen LogP contribution in [0.4, 0.5) is 0 Å². The second-order valence-corrected chi connectivity index (χ2v) is 4.64. The molecule has 0 unspecified atom stereocenters. The fourth-order valence-electron chi connectivity index (χ4n) is 1.72. The van der Waals surface area contributed by atoms with Gasteiger partial charge in [-0.1, -0.05) is 6.07 Å². The average Bonchev–Trinajstić information content (AvgIpc) is 2.67. The molecule has 4 heteroatoms. The predicted octanol–water partition coefficient (Wildman–Crippen LogP) is 2.05. The molecule has 1 fully saturated rings. The van der Waals surface area contributed by atoms with E-state index >= 15 is 0 Å². The molecule has 1 N–H and O–H groups in total. The van der Waals surface area contributed by atoms with Crippen molar-refractivity contribution in [2.24, 2.45) is 0 Å². The van der Waals surface area contributed by atoms with Gasteiger partial charge < -0.3 is 10.1 Å². The second-order valence-electron chi connectivity index (χ2n) is 3.70. The van der Waals surface area contributed by atoms with Gasteiger partial charge in [0.1, 0.15) is 0 Å². The van der Waals surface area contributed by atoms with Crippen molar-refractivity contribution >= 4 is 17.2 Å². The van der Waals surface area contributed by atoms with Crippen molar-refractivity contribution in [1.82, 2.24) is 5.32 Å². The number of carbonyl (C=O) groups is 1. The van der Waals surface area contributed by atoms with E-state index in [0.29, 0.717) is 12.1 Å². The van der Waals surface area contributed by atoms with Crippen LogP contribution in [-0.2, 0) is 4.74 Å². The molecule has 0 radical (unpaired) electrons. The van der Waals surface area contributed by atoms with Gasteiger partial charge in [-0.3, -0.25) is 4.79 Å². The third-order valence-electron chi connectivity index (χ3n) is 2.58. The number of nitrogens with one attached hydrogen (secondary N) is 1. The smallest absolute Gasteiger partial charge is 0.261 e. The Morgan fingerprint density at radius 3 is 3.07 bits per heavy atom. The number of carbonyl (C=O) groups excluding carboxylic acids is 1. The van der Waals surface area contributed by atoms with E-state index in [4.69, 9.17) is 4.74 Å². The molecular weight excluding hydrogens is 210 g/mol. The lowest BCUT2D eigenvalue weighted by atomic mass is 9.89. The lowest BCUT2D eigenvalue weighted by Gasteiger charge is -2.35. The molecule has 1 amide bonds. The molecule has 1 heterocycles. The molecule has 0 saturated heterocycles. The van der Waals surface area contributed by atoms with E-state index in [1.165, 1.54) is 11.3 Å². The highest BCUT2D eigenvalue weighted by Crippen LogP contribution is 2.23. The van der Waals surface area contributed by atoms with Gasteiger partial charge in [0.25, 0.3) is 5.91 Å². The molecule has 1 aliphatic rings. The fourth-order valence-corrected chi connectivity index (χ4v) is 2.35. The number of thiophene rings is 1. The average molecular weight is 225 g/mol. The molecule has 1 aliphatic carbocycles. The Labute approximate surface area is 93.4 Å². The first-order valence-electron chi connectivity index (χ1n) is 5.25. The number of hydrogen-bond donors (Lipinski definition) is 1. The van der Waals surface area contributed by atoms with E-state index < -0.39 is 0 Å². The largest absolute Gasteiger partial charge is 0.378 e. The Morgan fingerprint density at radius 1 is 1.67 bits per heavy atom. The van der Waals surface area contributed by atoms with Gasteiger partial charge >= 0.3 is 0 Å². The third-order valence-corrected chi connectivity index (χ3v) is 3.45. The first-order chi connectivity index (χ1) is 7.29. The molecule has 1 aromatic heterocycles. The zero-order chi connectivity index (χ0) is 10.7. The summed E-state index contributed by atoms with van der Waals surface area (Å²) < 4.78 is 5.43. The standard InChI is InChI=1S/C11H15NO2S/c1-2-14-9-6-8(7-9)12-11(13)10-4-3-5-15-10/h3-5,8-9H,2,6-7H2,1H3,(H,12,13). The SMILES string of the molecule is CCOC1CC(NC(=O)c2cccs2)C1. The quantitative estimate of drug-likeness (QED) is 0.851. The van der Waals surface area contributed by atoms with Crippen LogP contribution in [0.1, 0.15) is 29.4 Å². The highest BCUT2D eigenvalue weighted by molar-refractivity contribution is 7.12. The van der Waals surface area contributed by atoms with E-state index in [0.717, 1.165) is 24.3 Å². The summed E-state index contributed by atoms with van der Waals surface area (Å²) in [7, 11) is 0. The zero-order valence-corrected chi connectivity index (χ0v) is 9.55. The maximum absolute atomic E-state index is 11.6. The minimum absolute atomic E-state index is 0.0462. The van der Waals surface area contributed by atoms with E-state index in [1.807, 2.05) is 24.4 Å². The number of rotatable bonds is 4. The molecule has 0 aliphatic heterocycles. The van der Waals surface area contributed by atoms with Crippen molar-refractivity contribution in [1.29, 1.82) is 0 Å². The van der Waals surface area contributed by atoms with Crippen LogP contribution < -0.4 is 5.32 Å². The Kier molecular flexibility index (Phi) is 3.38. The van der Waals surface area contributed by atoms with Crippen molar-refractivity contribution in [3.63, 3.8) is 0 Å². The third kappa shape index (κ3) is 2.58. The summed E-state index contributed by atoms with van der Waals surface area (Å²) in [6.07, 6.45) is 2.25. The van der Waals surface area contributed by atoms with Gasteiger partial charge in [0, 0.05) is 12.6 Å². The molecule has 3 nitrogen and oxygen atoms in total. The Morgan fingerprint density at radius 2 is 2.47 bits per heavy atom. The van der Waals surface area contributed by atoms with Crippen LogP contribution in [0.2, 0.25) is 0 Å². The van der Waals surface area contributed by atoms with Crippen molar-refractivity contribution in [3.05, 3.63) is 22.4 Å². The van der Waals surface area contributed by atoms with E-state index in [9.17, 15) is 4.79 Å². The first-order valence-corrected chi connectivity index (χ1v) is 6.13. The van der Waals surface area contributed by atoms with Crippen LogP contribution in [-0.4, -0.2) is 24.7 Å². The first kappa shape index (κ1) is 10.6. The summed E-state index contributed by atoms with van der Waals surface area (Å²) in [6, 6.07) is 4.04. The second kappa shape index (κ2) is 4.77. The fraction of sp³-hybridized carbons (Fsp3) is 0.545. The molecule has 0 spiro atoms. The maximum atomic E-state index is 11.6.